The summed E-state index contributed by atoms with van der Waals surface area (Å²) in [6.07, 6.45) is 14.1. The molecule has 2 aromatic rings. The summed E-state index contributed by atoms with van der Waals surface area (Å²) in [7, 11) is 1.59. The SMILES string of the molecule is C=CC=CC(=CC)COC(=O)N1CCCC(CCCCn2c(OC)nc3c(N)nc(OC(C)CCC)nc32)C1. The number of carbonyl (C=O) groups is 1. The van der Waals surface area contributed by atoms with Gasteiger partial charge in [0, 0.05) is 19.6 Å². The average molecular weight is 541 g/mol. The monoisotopic (exact) mass is 540 g/mol. The van der Waals surface area contributed by atoms with Crippen molar-refractivity contribution in [2.24, 2.45) is 5.92 Å². The maximum absolute atomic E-state index is 12.7. The number of allylic oxidation sites excluding steroid dienone is 3. The maximum Gasteiger partial charge on any atom is 0.410 e. The Balaban J connectivity index is 1.54. The highest BCUT2D eigenvalue weighted by Crippen LogP contribution is 2.27. The van der Waals surface area contributed by atoms with Crippen LogP contribution in [-0.4, -0.2) is 63.4 Å². The number of likely N-dealkylation sites (tertiary alicyclic amines) is 1. The van der Waals surface area contributed by atoms with Gasteiger partial charge in [-0.1, -0.05) is 50.6 Å². The lowest BCUT2D eigenvalue weighted by atomic mass is 9.93. The summed E-state index contributed by atoms with van der Waals surface area (Å²) in [4.78, 5) is 27.9. The van der Waals surface area contributed by atoms with E-state index >= 15 is 0 Å². The number of rotatable bonds is 14. The lowest BCUT2D eigenvalue weighted by Gasteiger charge is -2.32. The molecule has 2 atom stereocenters. The van der Waals surface area contributed by atoms with Crippen LogP contribution in [0.1, 0.15) is 65.7 Å². The van der Waals surface area contributed by atoms with Crippen molar-refractivity contribution in [1.29, 1.82) is 0 Å². The van der Waals surface area contributed by atoms with E-state index in [1.165, 1.54) is 0 Å². The first-order valence-corrected chi connectivity index (χ1v) is 14.0. The molecule has 0 aromatic carbocycles. The van der Waals surface area contributed by atoms with E-state index in [-0.39, 0.29) is 30.6 Å². The number of amides is 1. The molecule has 1 saturated heterocycles. The van der Waals surface area contributed by atoms with Gasteiger partial charge in [-0.2, -0.15) is 15.0 Å². The number of aryl methyl sites for hydroxylation is 1. The molecule has 1 aliphatic rings. The Morgan fingerprint density at radius 1 is 1.28 bits per heavy atom. The average Bonchev–Trinajstić information content (AvgIpc) is 3.29. The zero-order valence-corrected chi connectivity index (χ0v) is 23.9. The Bertz CT molecular complexity index is 1160. The Hall–Kier alpha value is -3.56. The van der Waals surface area contributed by atoms with Crippen molar-refractivity contribution in [3.8, 4) is 12.0 Å². The third-order valence-corrected chi connectivity index (χ3v) is 6.95. The molecule has 0 radical (unpaired) electrons. The van der Waals surface area contributed by atoms with Crippen molar-refractivity contribution >= 4 is 23.1 Å². The Labute approximate surface area is 231 Å². The van der Waals surface area contributed by atoms with Gasteiger partial charge in [0.25, 0.3) is 6.01 Å². The van der Waals surface area contributed by atoms with E-state index in [9.17, 15) is 4.79 Å². The number of imidazole rings is 1. The summed E-state index contributed by atoms with van der Waals surface area (Å²) in [5.41, 5.74) is 8.27. The van der Waals surface area contributed by atoms with E-state index < -0.39 is 0 Å². The number of aromatic nitrogens is 4. The lowest BCUT2D eigenvalue weighted by molar-refractivity contribution is 0.0896. The highest BCUT2D eigenvalue weighted by molar-refractivity contribution is 5.83. The minimum atomic E-state index is -0.246. The molecule has 10 heteroatoms. The van der Waals surface area contributed by atoms with Gasteiger partial charge in [-0.25, -0.2) is 4.79 Å². The molecule has 0 aliphatic carbocycles. The Morgan fingerprint density at radius 3 is 2.82 bits per heavy atom. The normalized spacial score (nSPS) is 17.0. The molecule has 39 heavy (non-hydrogen) atoms. The van der Waals surface area contributed by atoms with Crippen LogP contribution < -0.4 is 15.2 Å². The molecule has 2 unspecified atom stereocenters. The van der Waals surface area contributed by atoms with Crippen molar-refractivity contribution in [3.05, 3.63) is 36.5 Å². The number of hydrogen-bond acceptors (Lipinski definition) is 8. The van der Waals surface area contributed by atoms with Crippen LogP contribution in [0, 0.1) is 5.92 Å². The molecule has 2 aromatic heterocycles. The molecule has 1 aliphatic heterocycles. The topological polar surface area (TPSA) is 118 Å². The third kappa shape index (κ3) is 8.46. The van der Waals surface area contributed by atoms with Gasteiger partial charge in [-0.05, 0) is 57.4 Å². The molecule has 1 amide bonds. The highest BCUT2D eigenvalue weighted by atomic mass is 16.6. The van der Waals surface area contributed by atoms with Gasteiger partial charge < -0.3 is 24.8 Å². The predicted molar refractivity (Wildman–Crippen MR) is 154 cm³/mol. The largest absolute Gasteiger partial charge is 0.468 e. The fourth-order valence-electron chi connectivity index (χ4n) is 4.86. The van der Waals surface area contributed by atoms with Crippen LogP contribution in [0.3, 0.4) is 0 Å². The zero-order valence-electron chi connectivity index (χ0n) is 23.9. The first kappa shape index (κ1) is 30.0. The first-order chi connectivity index (χ1) is 18.9. The van der Waals surface area contributed by atoms with E-state index in [1.54, 1.807) is 13.2 Å². The summed E-state index contributed by atoms with van der Waals surface area (Å²) in [6, 6.07) is 0.719. The molecule has 2 N–H and O–H groups in total. The zero-order chi connectivity index (χ0) is 28.2. The lowest BCUT2D eigenvalue weighted by Crippen LogP contribution is -2.40. The van der Waals surface area contributed by atoms with Crippen LogP contribution in [0.4, 0.5) is 10.6 Å². The summed E-state index contributed by atoms with van der Waals surface area (Å²) in [5.74, 6) is 0.732. The second-order valence-electron chi connectivity index (χ2n) is 9.99. The highest BCUT2D eigenvalue weighted by Gasteiger charge is 2.25. The number of ether oxygens (including phenoxy) is 3. The smallest absolute Gasteiger partial charge is 0.410 e. The molecule has 0 bridgehead atoms. The second kappa shape index (κ2) is 15.1. The molecule has 0 spiro atoms. The number of nitrogens with two attached hydrogens (primary N) is 1. The number of nitrogens with zero attached hydrogens (tertiary/aromatic N) is 5. The van der Waals surface area contributed by atoms with Gasteiger partial charge in [0.05, 0.1) is 13.2 Å². The maximum atomic E-state index is 12.7. The van der Waals surface area contributed by atoms with Crippen LogP contribution in [-0.2, 0) is 11.3 Å². The summed E-state index contributed by atoms with van der Waals surface area (Å²) in [6.45, 7) is 12.1. The fourth-order valence-corrected chi connectivity index (χ4v) is 4.86. The standard InChI is InChI=1S/C29H44N6O4/c1-6-9-14-22(8-3)20-38-29(36)34-17-12-16-23(19-34)15-10-11-18-35-26-24(31-28(35)37-5)25(30)32-27(33-26)39-21(4)13-7-2/h6,8-9,14,21,23H,1,7,10-13,15-20H2,2-5H3,(H2,30,32,33). The minimum absolute atomic E-state index is 0.00304. The Kier molecular flexibility index (Phi) is 11.6. The molecule has 1 fully saturated rings. The number of nitrogen functional groups attached to an aromatic ring is 1. The van der Waals surface area contributed by atoms with Crippen LogP contribution in [0.15, 0.2) is 36.5 Å². The molecule has 214 valence electrons. The molecule has 3 heterocycles. The van der Waals surface area contributed by atoms with Crippen LogP contribution in [0.2, 0.25) is 0 Å². The molecular formula is C29H44N6O4. The minimum Gasteiger partial charge on any atom is -0.468 e. The van der Waals surface area contributed by atoms with Crippen molar-refractivity contribution in [3.63, 3.8) is 0 Å². The second-order valence-corrected chi connectivity index (χ2v) is 9.99. The van der Waals surface area contributed by atoms with Crippen LogP contribution in [0.25, 0.3) is 11.2 Å². The van der Waals surface area contributed by atoms with Crippen LogP contribution in [0.5, 0.6) is 12.0 Å². The van der Waals surface area contributed by atoms with E-state index in [0.29, 0.717) is 29.6 Å². The summed E-state index contributed by atoms with van der Waals surface area (Å²) < 4.78 is 18.9. The predicted octanol–water partition coefficient (Wildman–Crippen LogP) is 5.69. The fraction of sp³-hybridized carbons (Fsp3) is 0.586. The number of carbonyl (C=O) groups excluding carboxylic acids is 1. The molecular weight excluding hydrogens is 496 g/mol. The summed E-state index contributed by atoms with van der Waals surface area (Å²) >= 11 is 0. The van der Waals surface area contributed by atoms with Crippen LogP contribution >= 0.6 is 0 Å². The number of unbranched alkanes of at least 4 members (excludes halogenated alkanes) is 1. The van der Waals surface area contributed by atoms with Gasteiger partial charge in [0.15, 0.2) is 17.0 Å². The van der Waals surface area contributed by atoms with Crippen molar-refractivity contribution in [2.75, 3.05) is 32.5 Å². The van der Waals surface area contributed by atoms with Crippen molar-refractivity contribution in [2.45, 2.75) is 78.4 Å². The quantitative estimate of drug-likeness (QED) is 0.240. The van der Waals surface area contributed by atoms with E-state index in [1.807, 2.05) is 41.5 Å². The number of fused-ring (bicyclic) bond motifs is 1. The number of hydrogen-bond donors (Lipinski definition) is 1. The number of piperidine rings is 1. The van der Waals surface area contributed by atoms with Crippen molar-refractivity contribution in [1.82, 2.24) is 24.4 Å². The van der Waals surface area contributed by atoms with Gasteiger partial charge in [-0.3, -0.25) is 4.57 Å². The van der Waals surface area contributed by atoms with Gasteiger partial charge in [0.2, 0.25) is 0 Å². The van der Waals surface area contributed by atoms with Gasteiger partial charge in [0.1, 0.15) is 6.61 Å². The van der Waals surface area contributed by atoms with E-state index in [4.69, 9.17) is 19.9 Å². The molecule has 10 nitrogen and oxygen atoms in total. The van der Waals surface area contributed by atoms with Crippen molar-refractivity contribution < 1.29 is 19.0 Å². The molecule has 3 rings (SSSR count). The third-order valence-electron chi connectivity index (χ3n) is 6.95. The van der Waals surface area contributed by atoms with E-state index in [2.05, 4.69) is 28.5 Å². The van der Waals surface area contributed by atoms with Gasteiger partial charge in [-0.15, -0.1) is 0 Å². The van der Waals surface area contributed by atoms with Gasteiger partial charge >= 0.3 is 12.1 Å². The van der Waals surface area contributed by atoms with E-state index in [0.717, 1.165) is 63.6 Å². The number of methoxy groups -OCH3 is 1. The Morgan fingerprint density at radius 2 is 2.10 bits per heavy atom. The molecule has 0 saturated carbocycles. The number of anilines is 1. The summed E-state index contributed by atoms with van der Waals surface area (Å²) in [5, 5.41) is 0. The first-order valence-electron chi connectivity index (χ1n) is 14.0.